The van der Waals surface area contributed by atoms with Crippen molar-refractivity contribution in [1.29, 1.82) is 0 Å². The van der Waals surface area contributed by atoms with Crippen LogP contribution in [-0.2, 0) is 14.4 Å². The Balaban J connectivity index is 1.53. The fraction of sp³-hybridized carbons (Fsp3) is 0.333. The molecule has 1 heterocycles. The van der Waals surface area contributed by atoms with E-state index >= 15 is 0 Å². The van der Waals surface area contributed by atoms with E-state index in [-0.39, 0.29) is 36.0 Å². The highest BCUT2D eigenvalue weighted by Crippen LogP contribution is 2.21. The third-order valence-electron chi connectivity index (χ3n) is 5.24. The predicted octanol–water partition coefficient (Wildman–Crippen LogP) is 3.48. The summed E-state index contributed by atoms with van der Waals surface area (Å²) in [6.45, 7) is 4.64. The summed E-state index contributed by atoms with van der Waals surface area (Å²) in [6, 6.07) is 13.4. The second kappa shape index (κ2) is 10.6. The highest BCUT2D eigenvalue weighted by Gasteiger charge is 2.33. The first-order valence-electron chi connectivity index (χ1n) is 10.7. The van der Waals surface area contributed by atoms with Gasteiger partial charge in [0.15, 0.2) is 0 Å². The average Bonchev–Trinajstić information content (AvgIpc) is 3.14. The highest BCUT2D eigenvalue weighted by atomic mass is 16.2. The molecule has 0 aromatic heterocycles. The monoisotopic (exact) mass is 436 g/mol. The normalized spacial score (nSPS) is 15.4. The Labute approximate surface area is 187 Å². The Kier molecular flexibility index (Phi) is 7.59. The molecule has 0 aliphatic carbocycles. The lowest BCUT2D eigenvalue weighted by atomic mass is 10.1. The minimum absolute atomic E-state index is 0.0238. The van der Waals surface area contributed by atoms with Gasteiger partial charge in [-0.1, -0.05) is 13.3 Å². The van der Waals surface area contributed by atoms with Crippen LogP contribution < -0.4 is 16.0 Å². The molecule has 168 valence electrons. The minimum Gasteiger partial charge on any atom is -0.342 e. The number of nitrogens with one attached hydrogen (secondary N) is 3. The van der Waals surface area contributed by atoms with E-state index in [1.165, 1.54) is 6.92 Å². The zero-order chi connectivity index (χ0) is 23.1. The summed E-state index contributed by atoms with van der Waals surface area (Å²) in [7, 11) is 0. The molecule has 0 saturated carbocycles. The zero-order valence-corrected chi connectivity index (χ0v) is 18.3. The van der Waals surface area contributed by atoms with E-state index in [0.29, 0.717) is 35.7 Å². The molecule has 2 aromatic rings. The van der Waals surface area contributed by atoms with Crippen molar-refractivity contribution in [3.05, 3.63) is 54.1 Å². The van der Waals surface area contributed by atoms with Crippen LogP contribution in [0.3, 0.4) is 0 Å². The molecule has 3 N–H and O–H groups in total. The third kappa shape index (κ3) is 6.16. The topological polar surface area (TPSA) is 108 Å². The average molecular weight is 437 g/mol. The molecule has 8 heteroatoms. The summed E-state index contributed by atoms with van der Waals surface area (Å²) >= 11 is 0. The maximum atomic E-state index is 12.5. The van der Waals surface area contributed by atoms with Gasteiger partial charge in [-0.05, 0) is 55.0 Å². The van der Waals surface area contributed by atoms with Gasteiger partial charge in [0.2, 0.25) is 17.7 Å². The summed E-state index contributed by atoms with van der Waals surface area (Å²) in [6.07, 6.45) is 2.17. The smallest absolute Gasteiger partial charge is 0.255 e. The van der Waals surface area contributed by atoms with Crippen molar-refractivity contribution < 1.29 is 19.2 Å². The number of carbonyl (C=O) groups excluding carboxylic acids is 4. The maximum Gasteiger partial charge on any atom is 0.255 e. The minimum atomic E-state index is -0.359. The second-order valence-electron chi connectivity index (χ2n) is 7.87. The molecule has 1 unspecified atom stereocenters. The number of likely N-dealkylation sites (tertiary alicyclic amines) is 1. The Morgan fingerprint density at radius 3 is 2.06 bits per heavy atom. The van der Waals surface area contributed by atoms with Gasteiger partial charge < -0.3 is 20.9 Å². The number of hydrogen-bond acceptors (Lipinski definition) is 4. The number of nitrogens with zero attached hydrogens (tertiary/aromatic N) is 1. The van der Waals surface area contributed by atoms with Crippen molar-refractivity contribution in [1.82, 2.24) is 4.90 Å². The molecule has 0 radical (unpaired) electrons. The molecule has 1 atom stereocenters. The quantitative estimate of drug-likeness (QED) is 0.589. The van der Waals surface area contributed by atoms with Crippen LogP contribution in [0.1, 0.15) is 43.5 Å². The summed E-state index contributed by atoms with van der Waals surface area (Å²) in [5.74, 6) is -0.974. The number of amides is 4. The summed E-state index contributed by atoms with van der Waals surface area (Å²) in [5, 5.41) is 8.29. The van der Waals surface area contributed by atoms with Gasteiger partial charge in [-0.25, -0.2) is 0 Å². The maximum absolute atomic E-state index is 12.5. The fourth-order valence-corrected chi connectivity index (χ4v) is 3.51. The molecule has 1 saturated heterocycles. The van der Waals surface area contributed by atoms with Crippen molar-refractivity contribution in [3.8, 4) is 0 Å². The summed E-state index contributed by atoms with van der Waals surface area (Å²) in [5.41, 5.74) is 2.26. The van der Waals surface area contributed by atoms with Crippen LogP contribution in [0.5, 0.6) is 0 Å². The second-order valence-corrected chi connectivity index (χ2v) is 7.87. The van der Waals surface area contributed by atoms with Crippen LogP contribution in [0.4, 0.5) is 17.1 Å². The summed E-state index contributed by atoms with van der Waals surface area (Å²) in [4.78, 5) is 49.9. The number of rotatable bonds is 8. The highest BCUT2D eigenvalue weighted by molar-refractivity contribution is 6.05. The Bertz CT molecular complexity index is 986. The van der Waals surface area contributed by atoms with E-state index in [9.17, 15) is 19.2 Å². The lowest BCUT2D eigenvalue weighted by molar-refractivity contribution is -0.128. The van der Waals surface area contributed by atoms with E-state index in [0.717, 1.165) is 12.8 Å². The number of unbranched alkanes of at least 4 members (excludes halogenated alkanes) is 1. The van der Waals surface area contributed by atoms with Crippen molar-refractivity contribution in [3.63, 3.8) is 0 Å². The molecular weight excluding hydrogens is 408 g/mol. The zero-order valence-electron chi connectivity index (χ0n) is 18.3. The van der Waals surface area contributed by atoms with E-state index in [2.05, 4.69) is 22.9 Å². The molecule has 2 aromatic carbocycles. The molecule has 1 fully saturated rings. The van der Waals surface area contributed by atoms with Crippen molar-refractivity contribution in [2.24, 2.45) is 5.92 Å². The first-order chi connectivity index (χ1) is 15.4. The first-order valence-corrected chi connectivity index (χ1v) is 10.7. The van der Waals surface area contributed by atoms with Crippen LogP contribution in [-0.4, -0.2) is 41.6 Å². The molecule has 32 heavy (non-hydrogen) atoms. The van der Waals surface area contributed by atoms with Gasteiger partial charge in [-0.2, -0.15) is 0 Å². The Hall–Kier alpha value is -3.68. The van der Waals surface area contributed by atoms with Crippen molar-refractivity contribution in [2.45, 2.75) is 33.1 Å². The number of benzene rings is 2. The molecule has 1 aliphatic heterocycles. The third-order valence-corrected chi connectivity index (χ3v) is 5.24. The van der Waals surface area contributed by atoms with Crippen LogP contribution in [0.2, 0.25) is 0 Å². The summed E-state index contributed by atoms with van der Waals surface area (Å²) < 4.78 is 0. The molecule has 8 nitrogen and oxygen atoms in total. The van der Waals surface area contributed by atoms with Crippen LogP contribution in [0, 0.1) is 5.92 Å². The number of anilines is 3. The first kappa shape index (κ1) is 23.0. The largest absolute Gasteiger partial charge is 0.342 e. The van der Waals surface area contributed by atoms with Crippen molar-refractivity contribution >= 4 is 40.7 Å². The van der Waals surface area contributed by atoms with Gasteiger partial charge in [-0.3, -0.25) is 19.2 Å². The molecule has 0 bridgehead atoms. The van der Waals surface area contributed by atoms with Gasteiger partial charge in [0.25, 0.3) is 5.91 Å². The number of hydrogen-bond donors (Lipinski definition) is 3. The molecule has 1 aliphatic rings. The lowest BCUT2D eigenvalue weighted by Gasteiger charge is -2.16. The Morgan fingerprint density at radius 2 is 1.47 bits per heavy atom. The van der Waals surface area contributed by atoms with Crippen LogP contribution in [0.15, 0.2) is 48.5 Å². The number of carbonyl (C=O) groups is 4. The van der Waals surface area contributed by atoms with E-state index in [1.807, 2.05) is 0 Å². The Morgan fingerprint density at radius 1 is 0.906 bits per heavy atom. The lowest BCUT2D eigenvalue weighted by Crippen LogP contribution is -2.29. The SMILES string of the molecule is CCCCN1CC(C(=O)Nc2ccc(C(=O)Nc3ccc(NC(C)=O)cc3)cc2)CC1=O. The van der Waals surface area contributed by atoms with Crippen LogP contribution in [0.25, 0.3) is 0 Å². The van der Waals surface area contributed by atoms with Gasteiger partial charge in [-0.15, -0.1) is 0 Å². The van der Waals surface area contributed by atoms with Gasteiger partial charge >= 0.3 is 0 Å². The van der Waals surface area contributed by atoms with Gasteiger partial charge in [0, 0.05) is 49.1 Å². The molecule has 0 spiro atoms. The van der Waals surface area contributed by atoms with Gasteiger partial charge in [0.1, 0.15) is 0 Å². The van der Waals surface area contributed by atoms with Crippen molar-refractivity contribution in [2.75, 3.05) is 29.0 Å². The van der Waals surface area contributed by atoms with Gasteiger partial charge in [0.05, 0.1) is 5.92 Å². The molecule has 4 amide bonds. The van der Waals surface area contributed by atoms with E-state index in [1.54, 1.807) is 53.4 Å². The standard InChI is InChI=1S/C24H28N4O4/c1-3-4-13-28-15-18(14-22(28)30)24(32)27-20-7-5-17(6-8-20)23(31)26-21-11-9-19(10-12-21)25-16(2)29/h5-12,18H,3-4,13-15H2,1-2H3,(H,25,29)(H,26,31)(H,27,32). The van der Waals surface area contributed by atoms with E-state index in [4.69, 9.17) is 0 Å². The van der Waals surface area contributed by atoms with Crippen LogP contribution >= 0.6 is 0 Å². The molecule has 3 rings (SSSR count). The van der Waals surface area contributed by atoms with E-state index < -0.39 is 0 Å². The fourth-order valence-electron chi connectivity index (χ4n) is 3.51. The predicted molar refractivity (Wildman–Crippen MR) is 123 cm³/mol. The molecular formula is C24H28N4O4.